The molecule has 0 fully saturated rings. The Labute approximate surface area is 230 Å². The highest BCUT2D eigenvalue weighted by atomic mass is 16.2. The van der Waals surface area contributed by atoms with Crippen molar-refractivity contribution in [1.82, 2.24) is 19.8 Å². The molecule has 0 aliphatic carbocycles. The van der Waals surface area contributed by atoms with Crippen LogP contribution in [0.5, 0.6) is 0 Å². The first kappa shape index (κ1) is 27.2. The number of rotatable bonds is 10. The first-order chi connectivity index (χ1) is 18.8. The standard InChI is InChI=1S/C31H32N6O2.2H2/c1-36(2)20-23-9-12-25(13-10-23)29(33)26-14-11-22(18-28(26)32)6-4-16-35-30(38)27-8-5-17-37(31(27)39)21-24-7-3-15-34-19-24;;/h3-15,17-19,33H,16,20-21,32H2,1-2H3,(H,35,38);2*1H/b6-4+,33-29?;;. The topological polar surface area (TPSA) is 117 Å². The number of anilines is 1. The lowest BCUT2D eigenvalue weighted by Gasteiger charge is -2.12. The van der Waals surface area contributed by atoms with E-state index in [0.717, 1.165) is 23.2 Å². The van der Waals surface area contributed by atoms with Crippen molar-refractivity contribution < 1.29 is 7.65 Å². The number of nitrogen functional groups attached to an aromatic ring is 1. The Kier molecular flexibility index (Phi) is 8.81. The van der Waals surface area contributed by atoms with Gasteiger partial charge in [-0.05, 0) is 55.1 Å². The lowest BCUT2D eigenvalue weighted by atomic mass is 9.98. The smallest absolute Gasteiger partial charge is 0.263 e. The normalized spacial score (nSPS) is 11.2. The zero-order valence-electron chi connectivity index (χ0n) is 22.1. The molecule has 0 atom stereocenters. The third-order valence-electron chi connectivity index (χ3n) is 6.12. The van der Waals surface area contributed by atoms with Crippen molar-refractivity contribution in [3.63, 3.8) is 0 Å². The molecule has 0 radical (unpaired) electrons. The highest BCUT2D eigenvalue weighted by Gasteiger charge is 2.12. The molecule has 2 heterocycles. The predicted molar refractivity (Wildman–Crippen MR) is 160 cm³/mol. The van der Waals surface area contributed by atoms with Gasteiger partial charge in [0.2, 0.25) is 0 Å². The minimum atomic E-state index is -0.440. The van der Waals surface area contributed by atoms with E-state index in [1.165, 1.54) is 16.2 Å². The summed E-state index contributed by atoms with van der Waals surface area (Å²) >= 11 is 0. The fourth-order valence-electron chi connectivity index (χ4n) is 4.17. The van der Waals surface area contributed by atoms with Crippen molar-refractivity contribution in [3.05, 3.63) is 135 Å². The van der Waals surface area contributed by atoms with Gasteiger partial charge >= 0.3 is 0 Å². The van der Waals surface area contributed by atoms with Gasteiger partial charge in [0.15, 0.2) is 0 Å². The van der Waals surface area contributed by atoms with E-state index in [1.54, 1.807) is 42.9 Å². The zero-order chi connectivity index (χ0) is 27.8. The summed E-state index contributed by atoms with van der Waals surface area (Å²) in [5.74, 6) is -0.440. The number of carbonyl (C=O) groups is 1. The van der Waals surface area contributed by atoms with Crippen molar-refractivity contribution in [2.45, 2.75) is 13.1 Å². The summed E-state index contributed by atoms with van der Waals surface area (Å²) in [4.78, 5) is 31.6. The molecule has 0 saturated carbocycles. The summed E-state index contributed by atoms with van der Waals surface area (Å²) in [6.45, 7) is 1.42. The summed E-state index contributed by atoms with van der Waals surface area (Å²) < 4.78 is 1.49. The van der Waals surface area contributed by atoms with E-state index in [4.69, 9.17) is 11.1 Å². The van der Waals surface area contributed by atoms with Gasteiger partial charge in [-0.2, -0.15) is 0 Å². The maximum absolute atomic E-state index is 12.8. The molecule has 0 aliphatic rings. The maximum Gasteiger partial charge on any atom is 0.263 e. The minimum Gasteiger partial charge on any atom is -0.398 e. The van der Waals surface area contributed by atoms with E-state index in [-0.39, 0.29) is 20.5 Å². The number of nitrogens with one attached hydrogen (secondary N) is 2. The second-order valence-corrected chi connectivity index (χ2v) is 9.48. The maximum atomic E-state index is 12.8. The molecular weight excluding hydrogens is 488 g/mol. The number of hydrogen-bond acceptors (Lipinski definition) is 6. The highest BCUT2D eigenvalue weighted by Crippen LogP contribution is 2.20. The predicted octanol–water partition coefficient (Wildman–Crippen LogP) is 4.29. The molecule has 4 N–H and O–H groups in total. The van der Waals surface area contributed by atoms with Crippen LogP contribution >= 0.6 is 0 Å². The largest absolute Gasteiger partial charge is 0.398 e. The van der Waals surface area contributed by atoms with Crippen LogP contribution in [0.2, 0.25) is 0 Å². The van der Waals surface area contributed by atoms with Crippen molar-refractivity contribution in [2.75, 3.05) is 26.4 Å². The van der Waals surface area contributed by atoms with Gasteiger partial charge in [-0.15, -0.1) is 0 Å². The molecule has 39 heavy (non-hydrogen) atoms. The van der Waals surface area contributed by atoms with Gasteiger partial charge in [-0.1, -0.05) is 54.6 Å². The molecule has 202 valence electrons. The Morgan fingerprint density at radius 3 is 2.56 bits per heavy atom. The third-order valence-corrected chi connectivity index (χ3v) is 6.12. The van der Waals surface area contributed by atoms with Gasteiger partial charge in [0.05, 0.1) is 12.3 Å². The van der Waals surface area contributed by atoms with Gasteiger partial charge in [0, 0.05) is 51.3 Å². The molecule has 4 rings (SSSR count). The molecule has 2 aromatic carbocycles. The van der Waals surface area contributed by atoms with Crippen molar-refractivity contribution in [1.29, 1.82) is 5.41 Å². The van der Waals surface area contributed by atoms with Crippen molar-refractivity contribution in [2.24, 2.45) is 0 Å². The fraction of sp³-hybridized carbons (Fsp3) is 0.161. The Morgan fingerprint density at radius 2 is 1.87 bits per heavy atom. The first-order valence-electron chi connectivity index (χ1n) is 12.6. The van der Waals surface area contributed by atoms with Crippen LogP contribution in [0.15, 0.2) is 96.2 Å². The number of carbonyl (C=O) groups excluding carboxylic acids is 1. The van der Waals surface area contributed by atoms with Crippen LogP contribution in [0.3, 0.4) is 0 Å². The van der Waals surface area contributed by atoms with Gasteiger partial charge < -0.3 is 20.5 Å². The van der Waals surface area contributed by atoms with Crippen molar-refractivity contribution in [3.8, 4) is 0 Å². The van der Waals surface area contributed by atoms with Crippen molar-refractivity contribution >= 4 is 23.4 Å². The molecule has 2 aromatic heterocycles. The summed E-state index contributed by atoms with van der Waals surface area (Å²) in [5, 5.41) is 11.4. The van der Waals surface area contributed by atoms with E-state index < -0.39 is 5.91 Å². The summed E-state index contributed by atoms with van der Waals surface area (Å²) in [6.07, 6.45) is 8.64. The van der Waals surface area contributed by atoms with Crippen LogP contribution in [0.25, 0.3) is 6.08 Å². The number of amides is 1. The minimum absolute atomic E-state index is 0. The SMILES string of the molecule is CN(C)Cc1ccc(C(=N)c2ccc(/C=C/CNC(=O)c3cccn(Cc4cccnc4)c3=O)cc2N)cc1.[HH].[HH]. The highest BCUT2D eigenvalue weighted by molar-refractivity contribution is 6.13. The Morgan fingerprint density at radius 1 is 1.08 bits per heavy atom. The number of benzene rings is 2. The Bertz CT molecular complexity index is 1550. The van der Waals surface area contributed by atoms with Gasteiger partial charge in [-0.3, -0.25) is 20.0 Å². The molecule has 0 aliphatic heterocycles. The third kappa shape index (κ3) is 7.15. The van der Waals surface area contributed by atoms with Crippen LogP contribution in [-0.2, 0) is 13.1 Å². The van der Waals surface area contributed by atoms with Crippen LogP contribution in [0.4, 0.5) is 5.69 Å². The lowest BCUT2D eigenvalue weighted by molar-refractivity contribution is 0.0956. The van der Waals surface area contributed by atoms with Crippen LogP contribution in [0.1, 0.15) is 41.0 Å². The van der Waals surface area contributed by atoms with Crippen LogP contribution in [-0.4, -0.2) is 46.7 Å². The Balaban J connectivity index is 0.00000294. The zero-order valence-corrected chi connectivity index (χ0v) is 22.1. The molecular formula is C31H36N6O2. The number of pyridine rings is 2. The molecule has 0 spiro atoms. The number of nitrogens with zero attached hydrogens (tertiary/aromatic N) is 3. The summed E-state index contributed by atoms with van der Waals surface area (Å²) in [6, 6.07) is 20.3. The molecule has 0 unspecified atom stereocenters. The second kappa shape index (κ2) is 12.6. The summed E-state index contributed by atoms with van der Waals surface area (Å²) in [5.41, 5.74) is 11.2. The second-order valence-electron chi connectivity index (χ2n) is 9.48. The van der Waals surface area contributed by atoms with E-state index in [1.807, 2.05) is 62.6 Å². The summed E-state index contributed by atoms with van der Waals surface area (Å²) in [7, 11) is 4.04. The van der Waals surface area contributed by atoms with Gasteiger partial charge in [0.25, 0.3) is 11.5 Å². The van der Waals surface area contributed by atoms with Gasteiger partial charge in [0.1, 0.15) is 5.56 Å². The monoisotopic (exact) mass is 524 g/mol. The lowest BCUT2D eigenvalue weighted by Crippen LogP contribution is -2.33. The van der Waals surface area contributed by atoms with E-state index >= 15 is 0 Å². The number of nitrogens with two attached hydrogens (primary N) is 1. The first-order valence-corrected chi connectivity index (χ1v) is 12.6. The molecule has 8 heteroatoms. The fourth-order valence-corrected chi connectivity index (χ4v) is 4.17. The van der Waals surface area contributed by atoms with E-state index in [2.05, 4.69) is 15.2 Å². The van der Waals surface area contributed by atoms with Crippen LogP contribution < -0.4 is 16.6 Å². The van der Waals surface area contributed by atoms with E-state index in [9.17, 15) is 9.59 Å². The molecule has 0 bridgehead atoms. The van der Waals surface area contributed by atoms with Crippen LogP contribution in [0, 0.1) is 5.41 Å². The average Bonchev–Trinajstić information content (AvgIpc) is 2.92. The quantitative estimate of drug-likeness (QED) is 0.211. The number of aromatic nitrogens is 2. The average molecular weight is 525 g/mol. The molecule has 1 amide bonds. The van der Waals surface area contributed by atoms with Gasteiger partial charge in [-0.25, -0.2) is 0 Å². The molecule has 4 aromatic rings. The van der Waals surface area contributed by atoms with E-state index in [0.29, 0.717) is 23.5 Å². The molecule has 8 nitrogen and oxygen atoms in total. The number of hydrogen-bond donors (Lipinski definition) is 3. The molecule has 0 saturated heterocycles. The Hall–Kier alpha value is -4.82.